The predicted molar refractivity (Wildman–Crippen MR) is 99.4 cm³/mol. The summed E-state index contributed by atoms with van der Waals surface area (Å²) in [5.41, 5.74) is 0. The van der Waals surface area contributed by atoms with Crippen molar-refractivity contribution in [3.8, 4) is 11.5 Å². The fraction of sp³-hybridized carbons (Fsp3) is 0.632. The highest BCUT2D eigenvalue weighted by Crippen LogP contribution is 2.31. The van der Waals surface area contributed by atoms with Crippen LogP contribution in [0.5, 0.6) is 11.5 Å². The van der Waals surface area contributed by atoms with E-state index in [1.807, 2.05) is 24.3 Å². The SMILES string of the molecule is O=C(NC1CCN(C2CCSCC2)CC1)C1COc2ccccc2O1. The Hall–Kier alpha value is -1.40. The van der Waals surface area contributed by atoms with Crippen molar-refractivity contribution in [2.24, 2.45) is 0 Å². The van der Waals surface area contributed by atoms with Crippen molar-refractivity contribution in [3.63, 3.8) is 0 Å². The third-order valence-electron chi connectivity index (χ3n) is 5.38. The molecule has 0 spiro atoms. The topological polar surface area (TPSA) is 50.8 Å². The molecular weight excluding hydrogens is 336 g/mol. The molecule has 1 aromatic rings. The summed E-state index contributed by atoms with van der Waals surface area (Å²) in [7, 11) is 0. The lowest BCUT2D eigenvalue weighted by Crippen LogP contribution is -2.52. The van der Waals surface area contributed by atoms with Crippen LogP contribution in [0.4, 0.5) is 0 Å². The van der Waals surface area contributed by atoms with Gasteiger partial charge in [0.25, 0.3) is 5.91 Å². The average Bonchev–Trinajstić information content (AvgIpc) is 2.69. The minimum Gasteiger partial charge on any atom is -0.485 e. The van der Waals surface area contributed by atoms with Gasteiger partial charge in [-0.25, -0.2) is 0 Å². The van der Waals surface area contributed by atoms with E-state index in [9.17, 15) is 4.79 Å². The molecule has 2 saturated heterocycles. The van der Waals surface area contributed by atoms with Crippen molar-refractivity contribution < 1.29 is 14.3 Å². The summed E-state index contributed by atoms with van der Waals surface area (Å²) in [6.45, 7) is 2.46. The van der Waals surface area contributed by atoms with Crippen molar-refractivity contribution in [3.05, 3.63) is 24.3 Å². The smallest absolute Gasteiger partial charge is 0.264 e. The van der Waals surface area contributed by atoms with Gasteiger partial charge >= 0.3 is 0 Å². The number of carbonyl (C=O) groups excluding carboxylic acids is 1. The lowest BCUT2D eigenvalue weighted by atomic mass is 10.0. The maximum atomic E-state index is 12.5. The minimum absolute atomic E-state index is 0.0537. The van der Waals surface area contributed by atoms with E-state index in [1.54, 1.807) is 0 Å². The normalized spacial score (nSPS) is 25.5. The number of hydrogen-bond acceptors (Lipinski definition) is 5. The number of fused-ring (bicyclic) bond motifs is 1. The lowest BCUT2D eigenvalue weighted by Gasteiger charge is -2.39. The second-order valence-electron chi connectivity index (χ2n) is 7.03. The van der Waals surface area contributed by atoms with Crippen LogP contribution in [0.2, 0.25) is 0 Å². The lowest BCUT2D eigenvalue weighted by molar-refractivity contribution is -0.131. The van der Waals surface area contributed by atoms with Crippen molar-refractivity contribution in [2.45, 2.75) is 43.9 Å². The Morgan fingerprint density at radius 3 is 2.56 bits per heavy atom. The highest BCUT2D eigenvalue weighted by atomic mass is 32.2. The van der Waals surface area contributed by atoms with Crippen LogP contribution in [0.1, 0.15) is 25.7 Å². The molecule has 2 fully saturated rings. The summed E-state index contributed by atoms with van der Waals surface area (Å²) in [6.07, 6.45) is 4.13. The zero-order valence-corrected chi connectivity index (χ0v) is 15.3. The van der Waals surface area contributed by atoms with Crippen LogP contribution in [-0.4, -0.2) is 60.2 Å². The molecule has 136 valence electrons. The van der Waals surface area contributed by atoms with Crippen molar-refractivity contribution in [1.82, 2.24) is 10.2 Å². The zero-order valence-electron chi connectivity index (χ0n) is 14.5. The molecule has 4 rings (SSSR count). The third-order valence-corrected chi connectivity index (χ3v) is 6.43. The largest absolute Gasteiger partial charge is 0.485 e. The van der Waals surface area contributed by atoms with Crippen molar-refractivity contribution in [2.75, 3.05) is 31.2 Å². The number of nitrogens with one attached hydrogen (secondary N) is 1. The molecule has 1 amide bonds. The molecule has 1 unspecified atom stereocenters. The second kappa shape index (κ2) is 7.87. The quantitative estimate of drug-likeness (QED) is 0.894. The van der Waals surface area contributed by atoms with E-state index < -0.39 is 6.10 Å². The van der Waals surface area contributed by atoms with Crippen LogP contribution in [0.3, 0.4) is 0 Å². The molecule has 0 bridgehead atoms. The maximum absolute atomic E-state index is 12.5. The van der Waals surface area contributed by atoms with E-state index in [-0.39, 0.29) is 18.6 Å². The Bertz CT molecular complexity index is 598. The maximum Gasteiger partial charge on any atom is 0.264 e. The number of para-hydroxylation sites is 2. The summed E-state index contributed by atoms with van der Waals surface area (Å²) in [5, 5.41) is 3.17. The summed E-state index contributed by atoms with van der Waals surface area (Å²) in [4.78, 5) is 15.2. The summed E-state index contributed by atoms with van der Waals surface area (Å²) in [5.74, 6) is 3.90. The van der Waals surface area contributed by atoms with Gasteiger partial charge < -0.3 is 19.7 Å². The number of benzene rings is 1. The van der Waals surface area contributed by atoms with E-state index >= 15 is 0 Å². The summed E-state index contributed by atoms with van der Waals surface area (Å²) in [6, 6.07) is 8.51. The van der Waals surface area contributed by atoms with E-state index in [1.165, 1.54) is 24.3 Å². The molecule has 3 aliphatic heterocycles. The molecule has 25 heavy (non-hydrogen) atoms. The van der Waals surface area contributed by atoms with Crippen LogP contribution < -0.4 is 14.8 Å². The van der Waals surface area contributed by atoms with Gasteiger partial charge in [0.15, 0.2) is 11.5 Å². The van der Waals surface area contributed by atoms with E-state index in [0.29, 0.717) is 11.5 Å². The van der Waals surface area contributed by atoms with Crippen LogP contribution in [-0.2, 0) is 4.79 Å². The molecule has 0 saturated carbocycles. The Balaban J connectivity index is 1.25. The van der Waals surface area contributed by atoms with Crippen molar-refractivity contribution in [1.29, 1.82) is 0 Å². The number of nitrogens with zero attached hydrogens (tertiary/aromatic N) is 1. The second-order valence-corrected chi connectivity index (χ2v) is 8.25. The van der Waals surface area contributed by atoms with E-state index in [0.717, 1.165) is 32.0 Å². The Morgan fingerprint density at radius 1 is 1.08 bits per heavy atom. The highest BCUT2D eigenvalue weighted by Gasteiger charge is 2.31. The molecule has 0 aliphatic carbocycles. The molecule has 5 nitrogen and oxygen atoms in total. The number of ether oxygens (including phenoxy) is 2. The Kier molecular flexibility index (Phi) is 5.36. The van der Waals surface area contributed by atoms with Crippen LogP contribution in [0, 0.1) is 0 Å². The van der Waals surface area contributed by atoms with Crippen LogP contribution >= 0.6 is 11.8 Å². The van der Waals surface area contributed by atoms with Crippen LogP contribution in [0.25, 0.3) is 0 Å². The molecule has 0 aromatic heterocycles. The first-order valence-corrected chi connectivity index (χ1v) is 10.5. The third kappa shape index (κ3) is 4.06. The number of amides is 1. The monoisotopic (exact) mass is 362 g/mol. The summed E-state index contributed by atoms with van der Waals surface area (Å²) >= 11 is 2.07. The first kappa shape index (κ1) is 17.0. The number of thioether (sulfide) groups is 1. The van der Waals surface area contributed by atoms with Crippen LogP contribution in [0.15, 0.2) is 24.3 Å². The molecular formula is C19H26N2O3S. The van der Waals surface area contributed by atoms with Gasteiger partial charge in [0.05, 0.1) is 0 Å². The van der Waals surface area contributed by atoms with Gasteiger partial charge in [0.2, 0.25) is 6.10 Å². The fourth-order valence-electron chi connectivity index (χ4n) is 3.90. The van der Waals surface area contributed by atoms with Gasteiger partial charge in [0.1, 0.15) is 6.61 Å². The molecule has 0 radical (unpaired) electrons. The molecule has 3 aliphatic rings. The molecule has 1 N–H and O–H groups in total. The minimum atomic E-state index is -0.553. The number of piperidine rings is 1. The van der Waals surface area contributed by atoms with Crippen molar-refractivity contribution >= 4 is 17.7 Å². The van der Waals surface area contributed by atoms with Gasteiger partial charge in [-0.15, -0.1) is 0 Å². The van der Waals surface area contributed by atoms with Gasteiger partial charge in [-0.1, -0.05) is 12.1 Å². The zero-order chi connectivity index (χ0) is 17.1. The number of rotatable bonds is 3. The van der Waals surface area contributed by atoms with Gasteiger partial charge in [-0.05, 0) is 49.3 Å². The first-order chi connectivity index (χ1) is 12.3. The molecule has 6 heteroatoms. The van der Waals surface area contributed by atoms with Gasteiger partial charge in [0, 0.05) is 25.2 Å². The Morgan fingerprint density at radius 2 is 1.80 bits per heavy atom. The van der Waals surface area contributed by atoms with E-state index in [4.69, 9.17) is 9.47 Å². The fourth-order valence-corrected chi connectivity index (χ4v) is 4.98. The van der Waals surface area contributed by atoms with Gasteiger partial charge in [-0.2, -0.15) is 11.8 Å². The first-order valence-electron chi connectivity index (χ1n) is 9.30. The molecule has 1 aromatic carbocycles. The molecule has 1 atom stereocenters. The standard InChI is InChI=1S/C19H26N2O3S/c22-19(18-13-23-16-3-1-2-4-17(16)24-18)20-14-5-9-21(10-6-14)15-7-11-25-12-8-15/h1-4,14-15,18H,5-13H2,(H,20,22). The number of hydrogen-bond donors (Lipinski definition) is 1. The van der Waals surface area contributed by atoms with Gasteiger partial charge in [-0.3, -0.25) is 4.79 Å². The predicted octanol–water partition coefficient (Wildman–Crippen LogP) is 2.30. The van der Waals surface area contributed by atoms with E-state index in [2.05, 4.69) is 22.0 Å². The summed E-state index contributed by atoms with van der Waals surface area (Å²) < 4.78 is 11.4. The highest BCUT2D eigenvalue weighted by molar-refractivity contribution is 7.99. The number of carbonyl (C=O) groups is 1. The molecule has 3 heterocycles. The average molecular weight is 362 g/mol. The Labute approximate surface area is 153 Å². The number of likely N-dealkylation sites (tertiary alicyclic amines) is 1.